The van der Waals surface area contributed by atoms with E-state index in [4.69, 9.17) is 0 Å². The molecule has 1 aromatic heterocycles. The Labute approximate surface area is 83.7 Å². The molecule has 2 heterocycles. The van der Waals surface area contributed by atoms with Crippen LogP contribution in [0.1, 0.15) is 6.42 Å². The molecule has 0 bridgehead atoms. The first-order valence-corrected chi connectivity index (χ1v) is 5.16. The second-order valence-electron chi connectivity index (χ2n) is 3.99. The second-order valence-corrected chi connectivity index (χ2v) is 3.99. The van der Waals surface area contributed by atoms with Gasteiger partial charge in [-0.05, 0) is 18.6 Å². The summed E-state index contributed by atoms with van der Waals surface area (Å²) in [5.41, 5.74) is 1.37. The number of hydrogen-bond donors (Lipinski definition) is 0. The minimum absolute atomic E-state index is 1.16. The normalized spacial score (nSPS) is 15.9. The SMILES string of the molecule is CN1CCCn2c1cc1ccccc12. The van der Waals surface area contributed by atoms with Gasteiger partial charge < -0.3 is 9.47 Å². The molecule has 0 saturated heterocycles. The molecule has 1 aromatic carbocycles. The van der Waals surface area contributed by atoms with Crippen molar-refractivity contribution in [3.63, 3.8) is 0 Å². The van der Waals surface area contributed by atoms with Gasteiger partial charge in [-0.1, -0.05) is 18.2 Å². The van der Waals surface area contributed by atoms with E-state index >= 15 is 0 Å². The van der Waals surface area contributed by atoms with E-state index in [9.17, 15) is 0 Å². The van der Waals surface area contributed by atoms with Crippen LogP contribution in [0.4, 0.5) is 5.82 Å². The Morgan fingerprint density at radius 3 is 2.93 bits per heavy atom. The molecule has 0 unspecified atom stereocenters. The predicted molar refractivity (Wildman–Crippen MR) is 59.8 cm³/mol. The second kappa shape index (κ2) is 2.77. The zero-order chi connectivity index (χ0) is 9.54. The fraction of sp³-hybridized carbons (Fsp3) is 0.333. The average Bonchev–Trinajstić information content (AvgIpc) is 2.59. The van der Waals surface area contributed by atoms with Gasteiger partial charge in [0.2, 0.25) is 0 Å². The Hall–Kier alpha value is -1.44. The zero-order valence-electron chi connectivity index (χ0n) is 8.40. The number of nitrogens with zero attached hydrogens (tertiary/aromatic N) is 2. The van der Waals surface area contributed by atoms with Crippen LogP contribution in [0.2, 0.25) is 0 Å². The number of aryl methyl sites for hydroxylation is 1. The first kappa shape index (κ1) is 7.92. The van der Waals surface area contributed by atoms with Crippen LogP contribution in [0, 0.1) is 0 Å². The van der Waals surface area contributed by atoms with E-state index < -0.39 is 0 Å². The van der Waals surface area contributed by atoms with Gasteiger partial charge in [0.1, 0.15) is 5.82 Å². The highest BCUT2D eigenvalue weighted by Crippen LogP contribution is 2.28. The molecule has 0 atom stereocenters. The van der Waals surface area contributed by atoms with Crippen molar-refractivity contribution in [1.82, 2.24) is 4.57 Å². The fourth-order valence-corrected chi connectivity index (χ4v) is 2.33. The largest absolute Gasteiger partial charge is 0.361 e. The van der Waals surface area contributed by atoms with E-state index in [1.165, 1.54) is 29.7 Å². The van der Waals surface area contributed by atoms with Gasteiger partial charge in [-0.25, -0.2) is 0 Å². The minimum Gasteiger partial charge on any atom is -0.361 e. The lowest BCUT2D eigenvalue weighted by Gasteiger charge is -2.26. The molecule has 14 heavy (non-hydrogen) atoms. The molecule has 1 aliphatic heterocycles. The first-order chi connectivity index (χ1) is 6.86. The van der Waals surface area contributed by atoms with E-state index in [0.29, 0.717) is 0 Å². The standard InChI is InChI=1S/C12H14N2/c1-13-7-4-8-14-11-6-3-2-5-10(11)9-12(13)14/h2-3,5-6,9H,4,7-8H2,1H3. The van der Waals surface area contributed by atoms with Crippen molar-refractivity contribution < 1.29 is 0 Å². The van der Waals surface area contributed by atoms with Gasteiger partial charge in [0.05, 0.1) is 0 Å². The van der Waals surface area contributed by atoms with Gasteiger partial charge in [0.25, 0.3) is 0 Å². The Morgan fingerprint density at radius 2 is 2.00 bits per heavy atom. The summed E-state index contributed by atoms with van der Waals surface area (Å²) in [5, 5.41) is 1.36. The summed E-state index contributed by atoms with van der Waals surface area (Å²) >= 11 is 0. The number of para-hydroxylation sites is 1. The molecular weight excluding hydrogens is 172 g/mol. The van der Waals surface area contributed by atoms with E-state index in [1.807, 2.05) is 0 Å². The average molecular weight is 186 g/mol. The Balaban J connectivity index is 2.32. The highest BCUT2D eigenvalue weighted by atomic mass is 15.2. The molecule has 2 heteroatoms. The number of hydrogen-bond acceptors (Lipinski definition) is 1. The fourth-order valence-electron chi connectivity index (χ4n) is 2.33. The summed E-state index contributed by atoms with van der Waals surface area (Å²) < 4.78 is 2.42. The maximum atomic E-state index is 2.42. The Morgan fingerprint density at radius 1 is 1.14 bits per heavy atom. The van der Waals surface area contributed by atoms with Crippen molar-refractivity contribution in [3.05, 3.63) is 30.3 Å². The molecule has 2 nitrogen and oxygen atoms in total. The summed E-state index contributed by atoms with van der Waals surface area (Å²) in [5.74, 6) is 1.36. The number of aromatic nitrogens is 1. The first-order valence-electron chi connectivity index (χ1n) is 5.16. The molecule has 0 saturated carbocycles. The van der Waals surface area contributed by atoms with Crippen molar-refractivity contribution in [3.8, 4) is 0 Å². The molecule has 2 aromatic rings. The number of anilines is 1. The van der Waals surface area contributed by atoms with Crippen LogP contribution >= 0.6 is 0 Å². The molecule has 1 aliphatic rings. The number of benzene rings is 1. The minimum atomic E-state index is 1.16. The maximum Gasteiger partial charge on any atom is 0.109 e. The third-order valence-electron chi connectivity index (χ3n) is 3.06. The lowest BCUT2D eigenvalue weighted by Crippen LogP contribution is -2.27. The van der Waals surface area contributed by atoms with Gasteiger partial charge in [-0.2, -0.15) is 0 Å². The molecule has 3 rings (SSSR count). The van der Waals surface area contributed by atoms with Gasteiger partial charge in [0, 0.05) is 31.0 Å². The van der Waals surface area contributed by atoms with Crippen LogP contribution in [0.25, 0.3) is 10.9 Å². The van der Waals surface area contributed by atoms with Crippen LogP contribution in [0.5, 0.6) is 0 Å². The quantitative estimate of drug-likeness (QED) is 0.613. The third kappa shape index (κ3) is 0.969. The highest BCUT2D eigenvalue weighted by molar-refractivity contribution is 5.85. The Kier molecular flexibility index (Phi) is 1.57. The van der Waals surface area contributed by atoms with E-state index in [2.05, 4.69) is 46.8 Å². The lowest BCUT2D eigenvalue weighted by molar-refractivity contribution is 0.600. The Bertz CT molecular complexity index is 470. The topological polar surface area (TPSA) is 8.17 Å². The monoisotopic (exact) mass is 186 g/mol. The van der Waals surface area contributed by atoms with Crippen molar-refractivity contribution in [2.24, 2.45) is 0 Å². The molecule has 72 valence electrons. The maximum absolute atomic E-state index is 2.42. The van der Waals surface area contributed by atoms with Crippen molar-refractivity contribution in [2.45, 2.75) is 13.0 Å². The number of rotatable bonds is 0. The summed E-state index contributed by atoms with van der Waals surface area (Å²) in [6, 6.07) is 10.9. The van der Waals surface area contributed by atoms with Crippen molar-refractivity contribution in [1.29, 1.82) is 0 Å². The predicted octanol–water partition coefficient (Wildman–Crippen LogP) is 2.48. The van der Waals surface area contributed by atoms with Gasteiger partial charge >= 0.3 is 0 Å². The molecule has 0 amide bonds. The smallest absolute Gasteiger partial charge is 0.109 e. The molecule has 0 fully saturated rings. The van der Waals surface area contributed by atoms with Crippen LogP contribution in [-0.4, -0.2) is 18.2 Å². The zero-order valence-corrected chi connectivity index (χ0v) is 8.40. The molecular formula is C12H14N2. The van der Waals surface area contributed by atoms with E-state index in [0.717, 1.165) is 6.54 Å². The summed E-state index contributed by atoms with van der Waals surface area (Å²) in [7, 11) is 2.17. The van der Waals surface area contributed by atoms with Crippen LogP contribution < -0.4 is 4.90 Å². The van der Waals surface area contributed by atoms with E-state index in [-0.39, 0.29) is 0 Å². The summed E-state index contributed by atoms with van der Waals surface area (Å²) in [4.78, 5) is 2.34. The van der Waals surface area contributed by atoms with Crippen LogP contribution in [0.3, 0.4) is 0 Å². The third-order valence-corrected chi connectivity index (χ3v) is 3.06. The highest BCUT2D eigenvalue weighted by Gasteiger charge is 2.15. The van der Waals surface area contributed by atoms with Gasteiger partial charge in [-0.15, -0.1) is 0 Å². The van der Waals surface area contributed by atoms with Gasteiger partial charge in [-0.3, -0.25) is 0 Å². The summed E-state index contributed by atoms with van der Waals surface area (Å²) in [6.07, 6.45) is 1.25. The molecule has 0 aliphatic carbocycles. The van der Waals surface area contributed by atoms with Crippen LogP contribution in [-0.2, 0) is 6.54 Å². The lowest BCUT2D eigenvalue weighted by atomic mass is 10.2. The molecule has 0 N–H and O–H groups in total. The number of fused-ring (bicyclic) bond motifs is 3. The van der Waals surface area contributed by atoms with Crippen molar-refractivity contribution in [2.75, 3.05) is 18.5 Å². The van der Waals surface area contributed by atoms with Crippen molar-refractivity contribution >= 4 is 16.7 Å². The van der Waals surface area contributed by atoms with E-state index in [1.54, 1.807) is 0 Å². The van der Waals surface area contributed by atoms with Gasteiger partial charge in [0.15, 0.2) is 0 Å². The molecule has 0 radical (unpaired) electrons. The molecule has 0 spiro atoms. The summed E-state index contributed by atoms with van der Waals surface area (Å²) in [6.45, 7) is 2.34. The van der Waals surface area contributed by atoms with Crippen LogP contribution in [0.15, 0.2) is 30.3 Å².